The van der Waals surface area contributed by atoms with Crippen LogP contribution in [0.4, 0.5) is 0 Å². The van der Waals surface area contributed by atoms with Gasteiger partial charge in [0.1, 0.15) is 0 Å². The molecule has 0 aliphatic carbocycles. The molecule has 0 N–H and O–H groups in total. The molecule has 5 nitrogen and oxygen atoms in total. The van der Waals surface area contributed by atoms with Crippen LogP contribution in [0.2, 0.25) is 0 Å². The van der Waals surface area contributed by atoms with E-state index < -0.39 is 0 Å². The third-order valence-electron chi connectivity index (χ3n) is 3.87. The van der Waals surface area contributed by atoms with Gasteiger partial charge in [0.05, 0.1) is 30.1 Å². The van der Waals surface area contributed by atoms with E-state index in [1.165, 1.54) is 0 Å². The minimum absolute atomic E-state index is 0.0373. The number of aromatic nitrogens is 1. The zero-order valence-corrected chi connectivity index (χ0v) is 12.3. The monoisotopic (exact) mass is 283 g/mol. The number of ether oxygens (including phenoxy) is 1. The molecular weight excluding hydrogens is 266 g/mol. The molecule has 0 radical (unpaired) electrons. The number of carbonyl (C=O) groups excluding carboxylic acids is 1. The number of fused-ring (bicyclic) bond motifs is 2. The second-order valence-corrected chi connectivity index (χ2v) is 4.99. The number of carbonyl (C=O) groups is 1. The molecule has 0 aromatic carbocycles. The molecule has 3 heterocycles. The molecule has 1 atom stereocenters. The second kappa shape index (κ2) is 5.16. The van der Waals surface area contributed by atoms with Gasteiger partial charge in [0.15, 0.2) is 0 Å². The maximum Gasteiger partial charge on any atom is 0.256 e. The molecule has 21 heavy (non-hydrogen) atoms. The number of hydrogen-bond acceptors (Lipinski definition) is 4. The van der Waals surface area contributed by atoms with Gasteiger partial charge < -0.3 is 9.64 Å². The van der Waals surface area contributed by atoms with Crippen molar-refractivity contribution >= 4 is 17.4 Å². The number of nitrogens with zero attached hydrogens (tertiary/aromatic N) is 3. The van der Waals surface area contributed by atoms with E-state index in [-0.39, 0.29) is 11.9 Å². The first-order valence-electron chi connectivity index (χ1n) is 6.93. The summed E-state index contributed by atoms with van der Waals surface area (Å²) in [5, 5.41) is 0. The first-order valence-corrected chi connectivity index (χ1v) is 6.93. The van der Waals surface area contributed by atoms with Crippen molar-refractivity contribution in [1.29, 1.82) is 0 Å². The number of rotatable bonds is 1. The van der Waals surface area contributed by atoms with E-state index in [4.69, 9.17) is 4.74 Å². The van der Waals surface area contributed by atoms with Crippen LogP contribution in [0.5, 0.6) is 0 Å². The molecule has 1 aromatic heterocycles. The van der Waals surface area contributed by atoms with Crippen molar-refractivity contribution in [2.24, 2.45) is 4.99 Å². The lowest BCUT2D eigenvalue weighted by Gasteiger charge is -2.27. The molecule has 0 spiro atoms. The van der Waals surface area contributed by atoms with E-state index in [1.807, 2.05) is 19.1 Å². The van der Waals surface area contributed by atoms with Gasteiger partial charge in [-0.2, -0.15) is 0 Å². The zero-order chi connectivity index (χ0) is 15.0. The number of methoxy groups -OCH3 is 1. The fourth-order valence-corrected chi connectivity index (χ4v) is 2.76. The third-order valence-corrected chi connectivity index (χ3v) is 3.87. The van der Waals surface area contributed by atoms with Gasteiger partial charge in [0.25, 0.3) is 5.91 Å². The molecule has 2 aliphatic rings. The maximum absolute atomic E-state index is 12.6. The van der Waals surface area contributed by atoms with Crippen molar-refractivity contribution in [2.45, 2.75) is 19.4 Å². The van der Waals surface area contributed by atoms with E-state index in [0.717, 1.165) is 23.4 Å². The molecule has 0 saturated heterocycles. The normalized spacial score (nSPS) is 20.7. The number of likely N-dealkylation sites (N-methyl/N-ethyl adjacent to an activating group) is 1. The van der Waals surface area contributed by atoms with Crippen LogP contribution in [-0.2, 0) is 4.74 Å². The van der Waals surface area contributed by atoms with Gasteiger partial charge in [0.2, 0.25) is 5.90 Å². The van der Waals surface area contributed by atoms with Gasteiger partial charge in [-0.25, -0.2) is 4.99 Å². The van der Waals surface area contributed by atoms with Gasteiger partial charge in [-0.1, -0.05) is 13.0 Å². The van der Waals surface area contributed by atoms with Crippen molar-refractivity contribution in [1.82, 2.24) is 9.88 Å². The van der Waals surface area contributed by atoms with E-state index in [1.54, 1.807) is 37.4 Å². The maximum atomic E-state index is 12.6. The Morgan fingerprint density at radius 3 is 2.95 bits per heavy atom. The Kier molecular flexibility index (Phi) is 3.33. The van der Waals surface area contributed by atoms with Crippen molar-refractivity contribution in [3.8, 4) is 0 Å². The van der Waals surface area contributed by atoms with E-state index in [9.17, 15) is 4.79 Å². The van der Waals surface area contributed by atoms with E-state index in [2.05, 4.69) is 9.98 Å². The standard InChI is InChI=1S/C16H17N3O2/c1-4-10-14-11(6-5-9-17-14)16(20)19(2)12-7-8-13(21-3)18-15(10)12/h5-9,12H,4H2,1-3H3. The first kappa shape index (κ1) is 13.5. The fourth-order valence-electron chi connectivity index (χ4n) is 2.76. The fraction of sp³-hybridized carbons (Fsp3) is 0.312. The molecule has 3 rings (SSSR count). The summed E-state index contributed by atoms with van der Waals surface area (Å²) in [6.45, 7) is 2.05. The zero-order valence-electron chi connectivity index (χ0n) is 12.3. The summed E-state index contributed by atoms with van der Waals surface area (Å²) >= 11 is 0. The van der Waals surface area contributed by atoms with Crippen LogP contribution in [0.1, 0.15) is 29.4 Å². The highest BCUT2D eigenvalue weighted by molar-refractivity contribution is 6.02. The molecule has 108 valence electrons. The van der Waals surface area contributed by atoms with Crippen LogP contribution < -0.4 is 0 Å². The molecule has 5 heteroatoms. The van der Waals surface area contributed by atoms with Crippen LogP contribution in [-0.4, -0.2) is 41.9 Å². The summed E-state index contributed by atoms with van der Waals surface area (Å²) in [4.78, 5) is 23.3. The smallest absolute Gasteiger partial charge is 0.256 e. The number of allylic oxidation sites excluding steroid dienone is 1. The van der Waals surface area contributed by atoms with E-state index >= 15 is 0 Å². The lowest BCUT2D eigenvalue weighted by atomic mass is 9.99. The Balaban J connectivity index is 2.28. The number of dihydropyridines is 1. The Labute approximate surface area is 123 Å². The molecule has 2 aliphatic heterocycles. The number of pyridine rings is 1. The largest absolute Gasteiger partial charge is 0.481 e. The molecular formula is C16H17N3O2. The number of amides is 1. The highest BCUT2D eigenvalue weighted by Gasteiger charge is 2.33. The molecule has 0 saturated carbocycles. The molecule has 1 unspecified atom stereocenters. The Bertz CT molecular complexity index is 689. The third kappa shape index (κ3) is 2.05. The average Bonchev–Trinajstić information content (AvgIpc) is 2.62. The van der Waals surface area contributed by atoms with Crippen LogP contribution in [0.25, 0.3) is 5.57 Å². The molecule has 1 aromatic rings. The van der Waals surface area contributed by atoms with Crippen molar-refractivity contribution in [3.05, 3.63) is 47.4 Å². The quantitative estimate of drug-likeness (QED) is 0.794. The summed E-state index contributed by atoms with van der Waals surface area (Å²) in [7, 11) is 3.38. The van der Waals surface area contributed by atoms with Gasteiger partial charge in [-0.15, -0.1) is 0 Å². The second-order valence-electron chi connectivity index (χ2n) is 4.99. The van der Waals surface area contributed by atoms with Crippen molar-refractivity contribution in [2.75, 3.05) is 14.2 Å². The van der Waals surface area contributed by atoms with E-state index in [0.29, 0.717) is 11.5 Å². The summed E-state index contributed by atoms with van der Waals surface area (Å²) in [5.41, 5.74) is 3.18. The van der Waals surface area contributed by atoms with Crippen LogP contribution in [0, 0.1) is 0 Å². The van der Waals surface area contributed by atoms with Crippen LogP contribution in [0.15, 0.2) is 41.2 Å². The first-order chi connectivity index (χ1) is 10.2. The highest BCUT2D eigenvalue weighted by atomic mass is 16.5. The predicted octanol–water partition coefficient (Wildman–Crippen LogP) is 2.27. The molecule has 0 bridgehead atoms. The van der Waals surface area contributed by atoms with Crippen molar-refractivity contribution in [3.63, 3.8) is 0 Å². The molecule has 0 fully saturated rings. The van der Waals surface area contributed by atoms with Gasteiger partial charge >= 0.3 is 0 Å². The highest BCUT2D eigenvalue weighted by Crippen LogP contribution is 2.34. The summed E-state index contributed by atoms with van der Waals surface area (Å²) in [6.07, 6.45) is 6.21. The van der Waals surface area contributed by atoms with Gasteiger partial charge in [-0.05, 0) is 24.6 Å². The number of aliphatic imine (C=N–C) groups is 1. The van der Waals surface area contributed by atoms with Gasteiger partial charge in [0, 0.05) is 18.8 Å². The Morgan fingerprint density at radius 1 is 1.43 bits per heavy atom. The van der Waals surface area contributed by atoms with Crippen LogP contribution in [0.3, 0.4) is 0 Å². The predicted molar refractivity (Wildman–Crippen MR) is 80.9 cm³/mol. The Morgan fingerprint density at radius 2 is 2.24 bits per heavy atom. The Hall–Kier alpha value is -2.43. The molecule has 1 amide bonds. The number of hydrogen-bond donors (Lipinski definition) is 0. The summed E-state index contributed by atoms with van der Waals surface area (Å²) in [5.74, 6) is 0.511. The minimum atomic E-state index is -0.180. The lowest BCUT2D eigenvalue weighted by molar-refractivity contribution is 0.0778. The SMILES string of the molecule is CCC1=C2N=C(OC)C=CC2N(C)C(=O)c2cccnc21. The van der Waals surface area contributed by atoms with Crippen molar-refractivity contribution < 1.29 is 9.53 Å². The average molecular weight is 283 g/mol. The lowest BCUT2D eigenvalue weighted by Crippen LogP contribution is -2.37. The van der Waals surface area contributed by atoms with Gasteiger partial charge in [-0.3, -0.25) is 9.78 Å². The minimum Gasteiger partial charge on any atom is -0.481 e. The summed E-state index contributed by atoms with van der Waals surface area (Å²) < 4.78 is 5.23. The summed E-state index contributed by atoms with van der Waals surface area (Å²) in [6, 6.07) is 3.43. The van der Waals surface area contributed by atoms with Crippen LogP contribution >= 0.6 is 0 Å². The topological polar surface area (TPSA) is 54.8 Å².